The van der Waals surface area contributed by atoms with Crippen molar-refractivity contribution in [3.63, 3.8) is 0 Å². The summed E-state index contributed by atoms with van der Waals surface area (Å²) in [4.78, 5) is 12.1. The van der Waals surface area contributed by atoms with Crippen LogP contribution in [0.5, 0.6) is 0 Å². The van der Waals surface area contributed by atoms with Crippen LogP contribution in [0.2, 0.25) is 0 Å². The van der Waals surface area contributed by atoms with Gasteiger partial charge in [-0.3, -0.25) is 4.79 Å². The first-order chi connectivity index (χ1) is 11.6. The molecule has 2 aromatic rings. The molecule has 130 valence electrons. The molecule has 2 nitrogen and oxygen atoms in total. The number of amides is 1. The van der Waals surface area contributed by atoms with Gasteiger partial charge in [0, 0.05) is 16.5 Å². The zero-order valence-corrected chi connectivity index (χ0v) is 14.2. The highest BCUT2D eigenvalue weighted by molar-refractivity contribution is 5.95. The third-order valence-corrected chi connectivity index (χ3v) is 3.39. The van der Waals surface area contributed by atoms with Crippen LogP contribution in [0.1, 0.15) is 37.5 Å². The Bertz CT molecular complexity index is 836. The van der Waals surface area contributed by atoms with Gasteiger partial charge < -0.3 is 5.32 Å². The molecule has 2 rings (SSSR count). The normalized spacial score (nSPS) is 11.4. The molecule has 5 heteroatoms. The first-order valence-electron chi connectivity index (χ1n) is 7.67. The average Bonchev–Trinajstić information content (AvgIpc) is 2.52. The summed E-state index contributed by atoms with van der Waals surface area (Å²) in [5, 5.41) is 2.80. The van der Waals surface area contributed by atoms with Gasteiger partial charge in [-0.15, -0.1) is 0 Å². The number of benzene rings is 2. The number of halogens is 3. The van der Waals surface area contributed by atoms with Gasteiger partial charge in [0.1, 0.15) is 0 Å². The van der Waals surface area contributed by atoms with E-state index in [2.05, 4.69) is 17.2 Å². The molecule has 1 N–H and O–H groups in total. The fraction of sp³-hybridized carbons (Fsp3) is 0.250. The summed E-state index contributed by atoms with van der Waals surface area (Å²) in [6.45, 7) is 5.37. The number of para-hydroxylation sites is 1. The lowest BCUT2D eigenvalue weighted by atomic mass is 9.95. The van der Waals surface area contributed by atoms with E-state index in [9.17, 15) is 18.0 Å². The van der Waals surface area contributed by atoms with Crippen LogP contribution in [-0.4, -0.2) is 5.91 Å². The first kappa shape index (κ1) is 18.6. The molecule has 0 saturated heterocycles. The van der Waals surface area contributed by atoms with Crippen molar-refractivity contribution in [3.8, 4) is 11.8 Å². The topological polar surface area (TPSA) is 29.1 Å². The zero-order valence-electron chi connectivity index (χ0n) is 14.2. The molecule has 0 unspecified atom stereocenters. The lowest BCUT2D eigenvalue weighted by molar-refractivity contribution is -0.137. The number of anilines is 1. The standard InChI is InChI=1S/C20H18F3NO/c1-19(2,3)18(25)24-17-10-5-4-8-15(17)12-11-14-7-6-9-16(13-14)20(21,22)23/h4-10,13H,1-3H3,(H,24,25). The van der Waals surface area contributed by atoms with Crippen LogP contribution in [0.4, 0.5) is 18.9 Å². The average molecular weight is 345 g/mol. The van der Waals surface area contributed by atoms with Gasteiger partial charge in [-0.1, -0.05) is 50.8 Å². The monoisotopic (exact) mass is 345 g/mol. The number of nitrogens with one attached hydrogen (secondary N) is 1. The molecular formula is C20H18F3NO. The Balaban J connectivity index is 2.31. The Kier molecular flexibility index (Phi) is 5.22. The number of hydrogen-bond acceptors (Lipinski definition) is 1. The van der Waals surface area contributed by atoms with Gasteiger partial charge >= 0.3 is 6.18 Å². The summed E-state index contributed by atoms with van der Waals surface area (Å²) in [6.07, 6.45) is -4.41. The third kappa shape index (κ3) is 5.12. The molecule has 0 heterocycles. The predicted octanol–water partition coefficient (Wildman–Crippen LogP) is 5.09. The summed E-state index contributed by atoms with van der Waals surface area (Å²) in [5.41, 5.74) is 0.0153. The second-order valence-electron chi connectivity index (χ2n) is 6.58. The van der Waals surface area contributed by atoms with Crippen molar-refractivity contribution in [2.75, 3.05) is 5.32 Å². The quantitative estimate of drug-likeness (QED) is 0.717. The number of carbonyl (C=O) groups is 1. The van der Waals surface area contributed by atoms with Crippen molar-refractivity contribution < 1.29 is 18.0 Å². The molecule has 25 heavy (non-hydrogen) atoms. The highest BCUT2D eigenvalue weighted by Crippen LogP contribution is 2.29. The van der Waals surface area contributed by atoms with Crippen molar-refractivity contribution >= 4 is 11.6 Å². The second-order valence-corrected chi connectivity index (χ2v) is 6.58. The van der Waals surface area contributed by atoms with Gasteiger partial charge in [-0.2, -0.15) is 13.2 Å². The van der Waals surface area contributed by atoms with E-state index in [0.717, 1.165) is 12.1 Å². The molecule has 1 amide bonds. The number of carbonyl (C=O) groups excluding carboxylic acids is 1. The lowest BCUT2D eigenvalue weighted by Crippen LogP contribution is -2.27. The molecular weight excluding hydrogens is 327 g/mol. The van der Waals surface area contributed by atoms with Gasteiger partial charge in [-0.25, -0.2) is 0 Å². The smallest absolute Gasteiger partial charge is 0.325 e. The molecule has 0 aromatic heterocycles. The minimum Gasteiger partial charge on any atom is -0.325 e. The van der Waals surface area contributed by atoms with E-state index < -0.39 is 17.2 Å². The van der Waals surface area contributed by atoms with Crippen molar-refractivity contribution in [1.29, 1.82) is 0 Å². The maximum absolute atomic E-state index is 12.8. The summed E-state index contributed by atoms with van der Waals surface area (Å²) >= 11 is 0. The van der Waals surface area contributed by atoms with Gasteiger partial charge in [0.2, 0.25) is 5.91 Å². The van der Waals surface area contributed by atoms with Gasteiger partial charge in [0.15, 0.2) is 0 Å². The Morgan fingerprint density at radius 1 is 0.960 bits per heavy atom. The minimum absolute atomic E-state index is 0.166. The van der Waals surface area contributed by atoms with Crippen molar-refractivity contribution in [1.82, 2.24) is 0 Å². The Morgan fingerprint density at radius 2 is 1.64 bits per heavy atom. The van der Waals surface area contributed by atoms with E-state index in [4.69, 9.17) is 0 Å². The van der Waals surface area contributed by atoms with Crippen LogP contribution in [0, 0.1) is 17.3 Å². The van der Waals surface area contributed by atoms with E-state index in [1.54, 1.807) is 45.0 Å². The van der Waals surface area contributed by atoms with E-state index in [1.807, 2.05) is 0 Å². The molecule has 2 aromatic carbocycles. The highest BCUT2D eigenvalue weighted by Gasteiger charge is 2.30. The van der Waals surface area contributed by atoms with E-state index in [-0.39, 0.29) is 11.5 Å². The van der Waals surface area contributed by atoms with Crippen LogP contribution in [0.15, 0.2) is 48.5 Å². The van der Waals surface area contributed by atoms with Crippen LogP contribution >= 0.6 is 0 Å². The fourth-order valence-corrected chi connectivity index (χ4v) is 1.92. The van der Waals surface area contributed by atoms with Gasteiger partial charge in [0.25, 0.3) is 0 Å². The fourth-order valence-electron chi connectivity index (χ4n) is 1.92. The highest BCUT2D eigenvalue weighted by atomic mass is 19.4. The van der Waals surface area contributed by atoms with E-state index >= 15 is 0 Å². The van der Waals surface area contributed by atoms with Crippen molar-refractivity contribution in [3.05, 3.63) is 65.2 Å². The number of rotatable bonds is 1. The van der Waals surface area contributed by atoms with E-state index in [1.165, 1.54) is 12.1 Å². The summed E-state index contributed by atoms with van der Waals surface area (Å²) < 4.78 is 38.3. The molecule has 0 fully saturated rings. The molecule has 0 aliphatic rings. The summed E-state index contributed by atoms with van der Waals surface area (Å²) in [6, 6.07) is 11.8. The Morgan fingerprint density at radius 3 is 2.28 bits per heavy atom. The zero-order chi connectivity index (χ0) is 18.7. The lowest BCUT2D eigenvalue weighted by Gasteiger charge is -2.18. The van der Waals surface area contributed by atoms with E-state index in [0.29, 0.717) is 11.3 Å². The third-order valence-electron chi connectivity index (χ3n) is 3.39. The van der Waals surface area contributed by atoms with Crippen LogP contribution in [0.25, 0.3) is 0 Å². The summed E-state index contributed by atoms with van der Waals surface area (Å²) in [5.74, 6) is 5.39. The first-order valence-corrected chi connectivity index (χ1v) is 7.67. The number of hydrogen-bond donors (Lipinski definition) is 1. The molecule has 0 spiro atoms. The van der Waals surface area contributed by atoms with Crippen molar-refractivity contribution in [2.45, 2.75) is 26.9 Å². The van der Waals surface area contributed by atoms with Crippen LogP contribution < -0.4 is 5.32 Å². The molecule has 0 aliphatic heterocycles. The van der Waals surface area contributed by atoms with Crippen LogP contribution in [0.3, 0.4) is 0 Å². The predicted molar refractivity (Wildman–Crippen MR) is 92.0 cm³/mol. The number of alkyl halides is 3. The molecule has 0 radical (unpaired) electrons. The van der Waals surface area contributed by atoms with Crippen molar-refractivity contribution in [2.24, 2.45) is 5.41 Å². The maximum Gasteiger partial charge on any atom is 0.416 e. The van der Waals surface area contributed by atoms with Gasteiger partial charge in [-0.05, 0) is 30.3 Å². The second kappa shape index (κ2) is 7.02. The van der Waals surface area contributed by atoms with Gasteiger partial charge in [0.05, 0.1) is 11.3 Å². The Labute approximate surface area is 145 Å². The molecule has 0 saturated carbocycles. The SMILES string of the molecule is CC(C)(C)C(=O)Nc1ccccc1C#Cc1cccc(C(F)(F)F)c1. The largest absolute Gasteiger partial charge is 0.416 e. The van der Waals surface area contributed by atoms with Crippen LogP contribution in [-0.2, 0) is 11.0 Å². The molecule has 0 bridgehead atoms. The summed E-state index contributed by atoms with van der Waals surface area (Å²) in [7, 11) is 0. The Hall–Kier alpha value is -2.74. The molecule has 0 atom stereocenters. The minimum atomic E-state index is -4.41. The maximum atomic E-state index is 12.8. The molecule has 0 aliphatic carbocycles.